The summed E-state index contributed by atoms with van der Waals surface area (Å²) >= 11 is 5.66. The van der Waals surface area contributed by atoms with E-state index in [2.05, 4.69) is 19.2 Å². The second-order valence-corrected chi connectivity index (χ2v) is 5.76. The van der Waals surface area contributed by atoms with E-state index in [4.69, 9.17) is 11.6 Å². The minimum atomic E-state index is -4.28. The fraction of sp³-hybridized carbons (Fsp3) is 0.571. The molecule has 1 rings (SSSR count). The Kier molecular flexibility index (Phi) is 5.53. The van der Waals surface area contributed by atoms with Gasteiger partial charge < -0.3 is 5.32 Å². The van der Waals surface area contributed by atoms with Gasteiger partial charge in [-0.1, -0.05) is 13.8 Å². The molecular weight excluding hydrogens is 275 g/mol. The Morgan fingerprint density at radius 1 is 1.11 bits per heavy atom. The molecule has 5 heteroatoms. The van der Waals surface area contributed by atoms with Crippen LogP contribution in [0, 0.1) is 5.41 Å². The summed E-state index contributed by atoms with van der Waals surface area (Å²) in [6.07, 6.45) is -2.37. The van der Waals surface area contributed by atoms with Crippen LogP contribution in [-0.4, -0.2) is 12.4 Å². The average molecular weight is 294 g/mol. The van der Waals surface area contributed by atoms with Gasteiger partial charge in [0, 0.05) is 18.1 Å². The Balaban J connectivity index is 2.54. The van der Waals surface area contributed by atoms with Gasteiger partial charge in [-0.2, -0.15) is 13.2 Å². The van der Waals surface area contributed by atoms with Crippen molar-refractivity contribution < 1.29 is 13.2 Å². The predicted octanol–water partition coefficient (Wildman–Crippen LogP) is 5.16. The summed E-state index contributed by atoms with van der Waals surface area (Å²) in [5.74, 6) is 0.629. The van der Waals surface area contributed by atoms with E-state index in [1.54, 1.807) is 0 Å². The molecule has 0 fully saturated rings. The zero-order valence-corrected chi connectivity index (χ0v) is 11.9. The molecule has 1 aromatic rings. The van der Waals surface area contributed by atoms with E-state index in [1.807, 2.05) is 0 Å². The number of nitrogens with one attached hydrogen (secondary N) is 1. The van der Waals surface area contributed by atoms with Crippen LogP contribution in [-0.2, 0) is 6.18 Å². The lowest BCUT2D eigenvalue weighted by Crippen LogP contribution is -2.23. The van der Waals surface area contributed by atoms with E-state index < -0.39 is 11.7 Å². The summed E-state index contributed by atoms with van der Waals surface area (Å²) < 4.78 is 37.2. The Morgan fingerprint density at radius 3 is 2.16 bits per heavy atom. The molecule has 0 saturated carbocycles. The van der Waals surface area contributed by atoms with Crippen LogP contribution >= 0.6 is 11.6 Å². The van der Waals surface area contributed by atoms with Crippen molar-refractivity contribution in [1.82, 2.24) is 0 Å². The van der Waals surface area contributed by atoms with Crippen LogP contribution in [0.1, 0.15) is 32.3 Å². The third kappa shape index (κ3) is 5.72. The molecule has 0 aliphatic heterocycles. The van der Waals surface area contributed by atoms with Gasteiger partial charge in [-0.25, -0.2) is 0 Å². The van der Waals surface area contributed by atoms with E-state index >= 15 is 0 Å². The molecule has 0 heterocycles. The monoisotopic (exact) mass is 293 g/mol. The molecule has 0 saturated heterocycles. The highest BCUT2D eigenvalue weighted by molar-refractivity contribution is 6.17. The summed E-state index contributed by atoms with van der Waals surface area (Å²) in [6, 6.07) is 5.10. The zero-order valence-electron chi connectivity index (χ0n) is 11.1. The summed E-state index contributed by atoms with van der Waals surface area (Å²) in [6.45, 7) is 4.92. The van der Waals surface area contributed by atoms with E-state index in [9.17, 15) is 13.2 Å². The lowest BCUT2D eigenvalue weighted by atomic mass is 9.88. The van der Waals surface area contributed by atoms with Crippen LogP contribution in [0.5, 0.6) is 0 Å². The Bertz CT molecular complexity index is 385. The zero-order chi connectivity index (χ0) is 14.5. The van der Waals surface area contributed by atoms with E-state index in [0.717, 1.165) is 25.0 Å². The van der Waals surface area contributed by atoms with Gasteiger partial charge in [0.15, 0.2) is 0 Å². The molecule has 0 unspecified atom stereocenters. The van der Waals surface area contributed by atoms with Crippen molar-refractivity contribution in [2.75, 3.05) is 17.7 Å². The molecule has 0 aliphatic carbocycles. The van der Waals surface area contributed by atoms with Crippen molar-refractivity contribution in [2.24, 2.45) is 5.41 Å². The first kappa shape index (κ1) is 16.2. The maximum Gasteiger partial charge on any atom is 0.416 e. The van der Waals surface area contributed by atoms with E-state index in [-0.39, 0.29) is 5.41 Å². The fourth-order valence-electron chi connectivity index (χ4n) is 1.75. The first-order valence-electron chi connectivity index (χ1n) is 6.22. The van der Waals surface area contributed by atoms with Crippen molar-refractivity contribution in [3.8, 4) is 0 Å². The molecule has 0 amide bonds. The second-order valence-electron chi connectivity index (χ2n) is 5.39. The van der Waals surface area contributed by atoms with E-state index in [1.165, 1.54) is 12.1 Å². The van der Waals surface area contributed by atoms with Gasteiger partial charge in [0.1, 0.15) is 0 Å². The molecule has 1 aromatic carbocycles. The standard InChI is InChI=1S/C14H19ClF3N/c1-13(2,8-3-9-15)10-19-12-6-4-11(5-7-12)14(16,17)18/h4-7,19H,3,8-10H2,1-2H3. The molecule has 1 N–H and O–H groups in total. The van der Waals surface area contributed by atoms with Gasteiger partial charge >= 0.3 is 6.18 Å². The molecule has 1 nitrogen and oxygen atoms in total. The number of hydrogen-bond donors (Lipinski definition) is 1. The first-order valence-corrected chi connectivity index (χ1v) is 6.75. The number of halogens is 4. The summed E-state index contributed by atoms with van der Waals surface area (Å²) in [5, 5.41) is 3.16. The first-order chi connectivity index (χ1) is 8.74. The Labute approximate surface area is 117 Å². The summed E-state index contributed by atoms with van der Waals surface area (Å²) in [7, 11) is 0. The molecule has 0 bridgehead atoms. The SMILES string of the molecule is CC(C)(CCCCl)CNc1ccc(C(F)(F)F)cc1. The van der Waals surface area contributed by atoms with Gasteiger partial charge in [-0.05, 0) is 42.5 Å². The molecule has 0 aliphatic rings. The quantitative estimate of drug-likeness (QED) is 0.714. The van der Waals surface area contributed by atoms with Gasteiger partial charge in [0.25, 0.3) is 0 Å². The van der Waals surface area contributed by atoms with Gasteiger partial charge in [0.2, 0.25) is 0 Å². The van der Waals surface area contributed by atoms with Gasteiger partial charge in [0.05, 0.1) is 5.56 Å². The highest BCUT2D eigenvalue weighted by Gasteiger charge is 2.29. The van der Waals surface area contributed by atoms with Crippen LogP contribution < -0.4 is 5.32 Å². The molecule has 108 valence electrons. The largest absolute Gasteiger partial charge is 0.416 e. The lowest BCUT2D eigenvalue weighted by Gasteiger charge is -2.25. The molecule has 19 heavy (non-hydrogen) atoms. The van der Waals surface area contributed by atoms with E-state index in [0.29, 0.717) is 18.1 Å². The number of anilines is 1. The average Bonchev–Trinajstić information content (AvgIpc) is 2.34. The Morgan fingerprint density at radius 2 is 1.68 bits per heavy atom. The molecular formula is C14H19ClF3N. The number of alkyl halides is 4. The van der Waals surface area contributed by atoms with Crippen molar-refractivity contribution in [3.63, 3.8) is 0 Å². The number of rotatable bonds is 6. The third-order valence-electron chi connectivity index (χ3n) is 2.97. The lowest BCUT2D eigenvalue weighted by molar-refractivity contribution is -0.137. The predicted molar refractivity (Wildman–Crippen MR) is 73.7 cm³/mol. The fourth-order valence-corrected chi connectivity index (χ4v) is 1.89. The molecule has 0 atom stereocenters. The van der Waals surface area contributed by atoms with Crippen molar-refractivity contribution in [1.29, 1.82) is 0 Å². The van der Waals surface area contributed by atoms with Crippen molar-refractivity contribution in [2.45, 2.75) is 32.9 Å². The summed E-state index contributed by atoms with van der Waals surface area (Å²) in [5.41, 5.74) is 0.142. The van der Waals surface area contributed by atoms with Crippen LogP contribution in [0.15, 0.2) is 24.3 Å². The molecule has 0 radical (unpaired) electrons. The topological polar surface area (TPSA) is 12.0 Å². The third-order valence-corrected chi connectivity index (χ3v) is 3.24. The molecule has 0 aromatic heterocycles. The number of hydrogen-bond acceptors (Lipinski definition) is 1. The van der Waals surface area contributed by atoms with Crippen LogP contribution in [0.3, 0.4) is 0 Å². The minimum absolute atomic E-state index is 0.0671. The summed E-state index contributed by atoms with van der Waals surface area (Å²) in [4.78, 5) is 0. The smallest absolute Gasteiger partial charge is 0.385 e. The van der Waals surface area contributed by atoms with Gasteiger partial charge in [-0.15, -0.1) is 11.6 Å². The second kappa shape index (κ2) is 6.51. The Hall–Kier alpha value is -0.900. The highest BCUT2D eigenvalue weighted by atomic mass is 35.5. The van der Waals surface area contributed by atoms with Crippen LogP contribution in [0.25, 0.3) is 0 Å². The maximum atomic E-state index is 12.4. The molecule has 0 spiro atoms. The maximum absolute atomic E-state index is 12.4. The van der Waals surface area contributed by atoms with Crippen molar-refractivity contribution in [3.05, 3.63) is 29.8 Å². The normalized spacial score (nSPS) is 12.5. The van der Waals surface area contributed by atoms with Crippen LogP contribution in [0.2, 0.25) is 0 Å². The van der Waals surface area contributed by atoms with Crippen LogP contribution in [0.4, 0.5) is 18.9 Å². The van der Waals surface area contributed by atoms with Crippen molar-refractivity contribution >= 4 is 17.3 Å². The minimum Gasteiger partial charge on any atom is -0.385 e. The number of benzene rings is 1. The highest BCUT2D eigenvalue weighted by Crippen LogP contribution is 2.30. The van der Waals surface area contributed by atoms with Gasteiger partial charge in [-0.3, -0.25) is 0 Å².